The number of hydrogen-bond donors (Lipinski definition) is 3. The number of aliphatic carboxylic acids is 1. The van der Waals surface area contributed by atoms with Gasteiger partial charge in [0.15, 0.2) is 0 Å². The summed E-state index contributed by atoms with van der Waals surface area (Å²) in [7, 11) is -2.73. The number of amides is 1. The lowest BCUT2D eigenvalue weighted by atomic mass is 10.2. The van der Waals surface area contributed by atoms with Crippen LogP contribution in [0.25, 0.3) is 0 Å². The topological polar surface area (TPSA) is 137 Å². The number of carboxylic acids is 1. The zero-order valence-electron chi connectivity index (χ0n) is 14.7. The number of rotatable bonds is 10. The SMILES string of the molecule is CN(Cc1ccccc1)S(=O)(=O)N[C@@H](CNC(=O)C[C@@H]1CC=NO1)C(=O)O. The Balaban J connectivity index is 1.89. The molecule has 0 aliphatic carbocycles. The molecule has 0 bridgehead atoms. The first-order valence-corrected chi connectivity index (χ1v) is 9.66. The Morgan fingerprint density at radius 3 is 2.67 bits per heavy atom. The summed E-state index contributed by atoms with van der Waals surface area (Å²) in [5.41, 5.74) is 0.754. The van der Waals surface area contributed by atoms with Gasteiger partial charge in [0.25, 0.3) is 10.2 Å². The molecule has 11 heteroatoms. The Morgan fingerprint density at radius 2 is 2.07 bits per heavy atom. The van der Waals surface area contributed by atoms with Crippen LogP contribution in [-0.4, -0.2) is 61.7 Å². The molecule has 27 heavy (non-hydrogen) atoms. The van der Waals surface area contributed by atoms with Gasteiger partial charge in [-0.15, -0.1) is 0 Å². The summed E-state index contributed by atoms with van der Waals surface area (Å²) in [6, 6.07) is 7.38. The van der Waals surface area contributed by atoms with E-state index >= 15 is 0 Å². The fourth-order valence-corrected chi connectivity index (χ4v) is 3.37. The Morgan fingerprint density at radius 1 is 1.37 bits per heavy atom. The van der Waals surface area contributed by atoms with Gasteiger partial charge in [-0.25, -0.2) is 0 Å². The third-order valence-corrected chi connectivity index (χ3v) is 5.35. The van der Waals surface area contributed by atoms with Crippen LogP contribution in [0.2, 0.25) is 0 Å². The van der Waals surface area contributed by atoms with E-state index in [1.165, 1.54) is 13.3 Å². The molecule has 0 saturated carbocycles. The molecule has 1 aliphatic rings. The van der Waals surface area contributed by atoms with Crippen molar-refractivity contribution in [2.75, 3.05) is 13.6 Å². The normalized spacial score (nSPS) is 17.5. The smallest absolute Gasteiger partial charge is 0.323 e. The number of carboxylic acid groups (broad SMARTS) is 1. The van der Waals surface area contributed by atoms with Crippen LogP contribution in [-0.2, 0) is 31.2 Å². The first-order chi connectivity index (χ1) is 12.8. The zero-order valence-corrected chi connectivity index (χ0v) is 15.6. The highest BCUT2D eigenvalue weighted by molar-refractivity contribution is 7.87. The van der Waals surface area contributed by atoms with Crippen LogP contribution < -0.4 is 10.0 Å². The number of nitrogens with zero attached hydrogens (tertiary/aromatic N) is 2. The average molecular weight is 398 g/mol. The quantitative estimate of drug-likeness (QED) is 0.494. The number of benzene rings is 1. The van der Waals surface area contributed by atoms with E-state index in [1.807, 2.05) is 6.07 Å². The van der Waals surface area contributed by atoms with E-state index in [1.54, 1.807) is 24.3 Å². The van der Waals surface area contributed by atoms with Crippen LogP contribution in [0.3, 0.4) is 0 Å². The molecule has 1 heterocycles. The molecule has 1 aliphatic heterocycles. The fourth-order valence-electron chi connectivity index (χ4n) is 2.32. The molecule has 2 rings (SSSR count). The van der Waals surface area contributed by atoms with E-state index in [-0.39, 0.29) is 25.6 Å². The minimum atomic E-state index is -4.07. The predicted molar refractivity (Wildman–Crippen MR) is 97.0 cm³/mol. The molecular formula is C16H22N4O6S. The van der Waals surface area contributed by atoms with Gasteiger partial charge in [0.2, 0.25) is 5.91 Å². The van der Waals surface area contributed by atoms with Crippen molar-refractivity contribution in [3.05, 3.63) is 35.9 Å². The number of nitrogens with one attached hydrogen (secondary N) is 2. The standard InChI is InChI=1S/C16H22N4O6S/c1-20(11-12-5-3-2-4-6-12)27(24,25)19-14(16(22)23)10-17-15(21)9-13-7-8-18-26-13/h2-6,8,13-14,19H,7,9-11H2,1H3,(H,17,21)(H,22,23)/t13-,14-/m0/s1. The van der Waals surface area contributed by atoms with Gasteiger partial charge in [-0.05, 0) is 5.56 Å². The maximum Gasteiger partial charge on any atom is 0.323 e. The molecule has 0 aromatic heterocycles. The molecular weight excluding hydrogens is 376 g/mol. The summed E-state index contributed by atoms with van der Waals surface area (Å²) in [4.78, 5) is 28.1. The highest BCUT2D eigenvalue weighted by atomic mass is 32.2. The van der Waals surface area contributed by atoms with Gasteiger partial charge in [-0.1, -0.05) is 35.5 Å². The Bertz CT molecular complexity index is 775. The van der Waals surface area contributed by atoms with Gasteiger partial charge in [-0.3, -0.25) is 9.59 Å². The molecule has 0 spiro atoms. The summed E-state index contributed by atoms with van der Waals surface area (Å²) in [5, 5.41) is 15.2. The molecule has 0 unspecified atom stereocenters. The van der Waals surface area contributed by atoms with Crippen LogP contribution in [0.5, 0.6) is 0 Å². The van der Waals surface area contributed by atoms with Crippen LogP contribution in [0.1, 0.15) is 18.4 Å². The van der Waals surface area contributed by atoms with Crippen molar-refractivity contribution in [3.8, 4) is 0 Å². The minimum absolute atomic E-state index is 0.00694. The highest BCUT2D eigenvalue weighted by Crippen LogP contribution is 2.09. The van der Waals surface area contributed by atoms with Gasteiger partial charge >= 0.3 is 5.97 Å². The van der Waals surface area contributed by atoms with Crippen molar-refractivity contribution in [2.24, 2.45) is 5.16 Å². The molecule has 0 fully saturated rings. The minimum Gasteiger partial charge on any atom is -0.480 e. The lowest BCUT2D eigenvalue weighted by Crippen LogP contribution is -2.52. The molecule has 2 atom stereocenters. The second-order valence-corrected chi connectivity index (χ2v) is 7.82. The molecule has 0 saturated heterocycles. The van der Waals surface area contributed by atoms with Gasteiger partial charge in [0.05, 0.1) is 6.42 Å². The molecule has 3 N–H and O–H groups in total. The van der Waals surface area contributed by atoms with E-state index in [9.17, 15) is 23.1 Å². The van der Waals surface area contributed by atoms with E-state index in [0.717, 1.165) is 9.87 Å². The highest BCUT2D eigenvalue weighted by Gasteiger charge is 2.28. The van der Waals surface area contributed by atoms with Gasteiger partial charge in [0.1, 0.15) is 12.1 Å². The summed E-state index contributed by atoms with van der Waals surface area (Å²) < 4.78 is 27.8. The number of carbonyl (C=O) groups is 2. The Kier molecular flexibility index (Phi) is 7.28. The number of oxime groups is 1. The molecule has 148 valence electrons. The van der Waals surface area contributed by atoms with Crippen molar-refractivity contribution in [1.29, 1.82) is 0 Å². The van der Waals surface area contributed by atoms with E-state index in [0.29, 0.717) is 6.42 Å². The van der Waals surface area contributed by atoms with Gasteiger partial charge in [0, 0.05) is 32.8 Å². The maximum absolute atomic E-state index is 12.4. The van der Waals surface area contributed by atoms with Gasteiger partial charge < -0.3 is 15.3 Å². The lowest BCUT2D eigenvalue weighted by Gasteiger charge is -2.21. The first kappa shape index (κ1) is 20.8. The number of hydrogen-bond acceptors (Lipinski definition) is 6. The fraction of sp³-hybridized carbons (Fsp3) is 0.438. The maximum atomic E-state index is 12.4. The molecule has 1 aromatic carbocycles. The second-order valence-electron chi connectivity index (χ2n) is 6.01. The van der Waals surface area contributed by atoms with Crippen molar-refractivity contribution < 1.29 is 28.0 Å². The third kappa shape index (κ3) is 6.62. The van der Waals surface area contributed by atoms with E-state index in [2.05, 4.69) is 15.2 Å². The zero-order chi connectivity index (χ0) is 19.9. The monoisotopic (exact) mass is 398 g/mol. The number of carbonyl (C=O) groups excluding carboxylic acids is 1. The van der Waals surface area contributed by atoms with Crippen LogP contribution in [0.15, 0.2) is 35.5 Å². The molecule has 1 amide bonds. The van der Waals surface area contributed by atoms with Crippen molar-refractivity contribution in [1.82, 2.24) is 14.3 Å². The average Bonchev–Trinajstić information content (AvgIpc) is 3.12. The Hall–Kier alpha value is -2.50. The predicted octanol–water partition coefficient (Wildman–Crippen LogP) is -0.313. The summed E-state index contributed by atoms with van der Waals surface area (Å²) >= 11 is 0. The van der Waals surface area contributed by atoms with E-state index in [4.69, 9.17) is 4.84 Å². The van der Waals surface area contributed by atoms with Crippen molar-refractivity contribution in [2.45, 2.75) is 31.5 Å². The van der Waals surface area contributed by atoms with Crippen LogP contribution in [0, 0.1) is 0 Å². The van der Waals surface area contributed by atoms with E-state index < -0.39 is 28.1 Å². The van der Waals surface area contributed by atoms with Crippen LogP contribution in [0.4, 0.5) is 0 Å². The molecule has 10 nitrogen and oxygen atoms in total. The van der Waals surface area contributed by atoms with Gasteiger partial charge in [-0.2, -0.15) is 17.4 Å². The molecule has 1 aromatic rings. The van der Waals surface area contributed by atoms with Crippen molar-refractivity contribution in [3.63, 3.8) is 0 Å². The Labute approximate surface area is 157 Å². The summed E-state index contributed by atoms with van der Waals surface area (Å²) in [6.07, 6.45) is 1.65. The first-order valence-electron chi connectivity index (χ1n) is 8.22. The van der Waals surface area contributed by atoms with Crippen LogP contribution >= 0.6 is 0 Å². The largest absolute Gasteiger partial charge is 0.480 e. The van der Waals surface area contributed by atoms with Crippen molar-refractivity contribution >= 4 is 28.3 Å². The lowest BCUT2D eigenvalue weighted by molar-refractivity contribution is -0.139. The second kappa shape index (κ2) is 9.44. The third-order valence-electron chi connectivity index (χ3n) is 3.82. The molecule has 0 radical (unpaired) electrons. The summed E-state index contributed by atoms with van der Waals surface area (Å²) in [5.74, 6) is -1.85. The summed E-state index contributed by atoms with van der Waals surface area (Å²) in [6.45, 7) is -0.311.